The van der Waals surface area contributed by atoms with E-state index < -0.39 is 6.16 Å². The van der Waals surface area contributed by atoms with Crippen molar-refractivity contribution < 1.29 is 19.1 Å². The molecule has 4 rings (SSSR count). The van der Waals surface area contributed by atoms with Crippen molar-refractivity contribution in [3.63, 3.8) is 0 Å². The van der Waals surface area contributed by atoms with Crippen molar-refractivity contribution in [1.29, 1.82) is 0 Å². The zero-order valence-electron chi connectivity index (χ0n) is 19.4. The Labute approximate surface area is 182 Å². The minimum absolute atomic E-state index is 0.0213. The first-order valence-electron chi connectivity index (χ1n) is 12.4. The Morgan fingerprint density at radius 2 is 1.93 bits per heavy atom. The number of carbonyl (C=O) groups excluding carboxylic acids is 2. The molecule has 30 heavy (non-hydrogen) atoms. The molecule has 0 N–H and O–H groups in total. The van der Waals surface area contributed by atoms with Gasteiger partial charge in [-0.05, 0) is 80.1 Å². The van der Waals surface area contributed by atoms with Crippen LogP contribution >= 0.6 is 0 Å². The number of hydrogen-bond donors (Lipinski definition) is 0. The van der Waals surface area contributed by atoms with Crippen LogP contribution in [0, 0.1) is 34.5 Å². The highest BCUT2D eigenvalue weighted by Crippen LogP contribution is 2.66. The Balaban J connectivity index is 1.47. The Morgan fingerprint density at radius 3 is 2.70 bits per heavy atom. The summed E-state index contributed by atoms with van der Waals surface area (Å²) >= 11 is 0. The Bertz CT molecular complexity index is 712. The number of carbonyl (C=O) groups is 2. The molecule has 0 radical (unpaired) electrons. The first-order valence-corrected chi connectivity index (χ1v) is 12.4. The molecule has 0 saturated heterocycles. The van der Waals surface area contributed by atoms with Crippen LogP contribution in [0.2, 0.25) is 0 Å². The molecule has 7 atom stereocenters. The van der Waals surface area contributed by atoms with Crippen molar-refractivity contribution in [2.75, 3.05) is 6.61 Å². The van der Waals surface area contributed by atoms with Gasteiger partial charge in [0.25, 0.3) is 0 Å². The van der Waals surface area contributed by atoms with E-state index in [2.05, 4.69) is 27.7 Å². The van der Waals surface area contributed by atoms with Crippen molar-refractivity contribution in [2.24, 2.45) is 34.5 Å². The molecule has 4 heteroatoms. The minimum Gasteiger partial charge on any atom is -0.434 e. The van der Waals surface area contributed by atoms with Gasteiger partial charge >= 0.3 is 6.16 Å². The lowest BCUT2D eigenvalue weighted by Crippen LogP contribution is -2.54. The molecule has 0 spiro atoms. The molecule has 4 aliphatic rings. The van der Waals surface area contributed by atoms with Gasteiger partial charge in [0.1, 0.15) is 6.10 Å². The van der Waals surface area contributed by atoms with E-state index in [0.29, 0.717) is 42.5 Å². The molecule has 0 amide bonds. The lowest BCUT2D eigenvalue weighted by atomic mass is 9.45. The van der Waals surface area contributed by atoms with E-state index in [1.165, 1.54) is 12.0 Å². The van der Waals surface area contributed by atoms with Crippen LogP contribution in [0.4, 0.5) is 4.79 Å². The predicted octanol–water partition coefficient (Wildman–Crippen LogP) is 6.48. The normalized spacial score (nSPS) is 42.6. The number of allylic oxidation sites excluding steroid dienone is 1. The summed E-state index contributed by atoms with van der Waals surface area (Å²) in [6.07, 6.45) is 11.8. The zero-order chi connectivity index (χ0) is 21.5. The van der Waals surface area contributed by atoms with Gasteiger partial charge in [-0.15, -0.1) is 0 Å². The van der Waals surface area contributed by atoms with Crippen LogP contribution in [0.5, 0.6) is 0 Å². The molecule has 4 aliphatic carbocycles. The number of ketones is 1. The van der Waals surface area contributed by atoms with Gasteiger partial charge in [0, 0.05) is 11.8 Å². The van der Waals surface area contributed by atoms with E-state index in [1.807, 2.05) is 6.08 Å². The van der Waals surface area contributed by atoms with Crippen LogP contribution in [0.3, 0.4) is 0 Å². The molecule has 0 bridgehead atoms. The molecule has 4 nitrogen and oxygen atoms in total. The first kappa shape index (κ1) is 21.9. The number of fused-ring (bicyclic) bond motifs is 5. The van der Waals surface area contributed by atoms with Gasteiger partial charge in [0.05, 0.1) is 6.61 Å². The van der Waals surface area contributed by atoms with Crippen LogP contribution in [-0.2, 0) is 14.3 Å². The Kier molecular flexibility index (Phi) is 6.07. The van der Waals surface area contributed by atoms with Gasteiger partial charge in [0.15, 0.2) is 5.78 Å². The van der Waals surface area contributed by atoms with E-state index in [0.717, 1.165) is 51.4 Å². The average Bonchev–Trinajstić information content (AvgIpc) is 3.03. The SMILES string of the molecule is CCCCCOC(=O)O[C@H]1CCC2C3C(CC[C@@]21C)[C@@]1(C)CCC(=O)C=C1C[C@@H]3C. The lowest BCUT2D eigenvalue weighted by molar-refractivity contribution is -0.120. The molecule has 3 unspecified atom stereocenters. The highest BCUT2D eigenvalue weighted by atomic mass is 16.7. The van der Waals surface area contributed by atoms with Crippen molar-refractivity contribution in [1.82, 2.24) is 0 Å². The maximum absolute atomic E-state index is 12.3. The third kappa shape index (κ3) is 3.62. The van der Waals surface area contributed by atoms with E-state index in [9.17, 15) is 9.59 Å². The number of hydrogen-bond acceptors (Lipinski definition) is 4. The second-order valence-electron chi connectivity index (χ2n) is 11.1. The van der Waals surface area contributed by atoms with Gasteiger partial charge in [0.2, 0.25) is 0 Å². The van der Waals surface area contributed by atoms with Crippen LogP contribution in [-0.4, -0.2) is 24.6 Å². The van der Waals surface area contributed by atoms with E-state index >= 15 is 0 Å². The second-order valence-corrected chi connectivity index (χ2v) is 11.1. The molecule has 3 fully saturated rings. The summed E-state index contributed by atoms with van der Waals surface area (Å²) in [5, 5.41) is 0. The maximum Gasteiger partial charge on any atom is 0.508 e. The third-order valence-corrected chi connectivity index (χ3v) is 9.43. The minimum atomic E-state index is -0.472. The fraction of sp³-hybridized carbons (Fsp3) is 0.846. The summed E-state index contributed by atoms with van der Waals surface area (Å²) in [6.45, 7) is 9.78. The Hall–Kier alpha value is -1.32. The molecular weight excluding hydrogens is 376 g/mol. The smallest absolute Gasteiger partial charge is 0.434 e. The molecular formula is C26H40O4. The topological polar surface area (TPSA) is 52.6 Å². The van der Waals surface area contributed by atoms with Gasteiger partial charge in [-0.25, -0.2) is 4.79 Å². The van der Waals surface area contributed by atoms with Crippen molar-refractivity contribution in [2.45, 2.75) is 98.0 Å². The largest absolute Gasteiger partial charge is 0.508 e. The van der Waals surface area contributed by atoms with Gasteiger partial charge in [-0.1, -0.05) is 46.1 Å². The number of unbranched alkanes of at least 4 members (excludes halogenated alkanes) is 2. The van der Waals surface area contributed by atoms with Crippen molar-refractivity contribution in [3.8, 4) is 0 Å². The third-order valence-electron chi connectivity index (χ3n) is 9.43. The van der Waals surface area contributed by atoms with E-state index in [1.54, 1.807) is 0 Å². The van der Waals surface area contributed by atoms with Crippen molar-refractivity contribution in [3.05, 3.63) is 11.6 Å². The van der Waals surface area contributed by atoms with Gasteiger partial charge < -0.3 is 9.47 Å². The summed E-state index contributed by atoms with van der Waals surface area (Å²) < 4.78 is 11.3. The fourth-order valence-electron chi connectivity index (χ4n) is 7.71. The molecule has 0 aromatic heterocycles. The molecule has 0 heterocycles. The molecule has 168 valence electrons. The van der Waals surface area contributed by atoms with E-state index in [4.69, 9.17) is 9.47 Å². The van der Waals surface area contributed by atoms with E-state index in [-0.39, 0.29) is 16.9 Å². The second kappa shape index (κ2) is 8.31. The average molecular weight is 417 g/mol. The first-order chi connectivity index (χ1) is 14.3. The molecule has 0 aliphatic heterocycles. The molecule has 0 aromatic rings. The van der Waals surface area contributed by atoms with Crippen LogP contribution in [0.25, 0.3) is 0 Å². The predicted molar refractivity (Wildman–Crippen MR) is 117 cm³/mol. The zero-order valence-corrected chi connectivity index (χ0v) is 19.4. The molecule has 0 aromatic carbocycles. The van der Waals surface area contributed by atoms with Crippen LogP contribution < -0.4 is 0 Å². The highest BCUT2D eigenvalue weighted by molar-refractivity contribution is 5.91. The quantitative estimate of drug-likeness (QED) is 0.380. The summed E-state index contributed by atoms with van der Waals surface area (Å²) in [4.78, 5) is 24.4. The summed E-state index contributed by atoms with van der Waals surface area (Å²) in [7, 11) is 0. The highest BCUT2D eigenvalue weighted by Gasteiger charge is 2.61. The van der Waals surface area contributed by atoms with Gasteiger partial charge in [-0.3, -0.25) is 4.79 Å². The monoisotopic (exact) mass is 416 g/mol. The van der Waals surface area contributed by atoms with Crippen molar-refractivity contribution >= 4 is 11.9 Å². The number of ether oxygens (including phenoxy) is 2. The Morgan fingerprint density at radius 1 is 1.13 bits per heavy atom. The summed E-state index contributed by atoms with van der Waals surface area (Å²) in [6, 6.07) is 0. The fourth-order valence-corrected chi connectivity index (χ4v) is 7.71. The number of rotatable bonds is 5. The lowest BCUT2D eigenvalue weighted by Gasteiger charge is -2.59. The summed E-state index contributed by atoms with van der Waals surface area (Å²) in [5.74, 6) is 2.82. The standard InChI is InChI=1S/C26H40O4/c1-5-6-7-14-29-24(28)30-22-9-8-20-23-17(2)15-18-16-19(27)10-12-25(18,3)21(23)11-13-26(20,22)4/h16-17,20-23H,5-15H2,1-4H3/t17-,20?,21?,22-,23?,25-,26-/m0/s1. The maximum atomic E-state index is 12.3. The van der Waals surface area contributed by atoms with Gasteiger partial charge in [-0.2, -0.15) is 0 Å². The van der Waals surface area contributed by atoms with Crippen LogP contribution in [0.15, 0.2) is 11.6 Å². The molecule has 3 saturated carbocycles. The van der Waals surface area contributed by atoms with Crippen LogP contribution in [0.1, 0.15) is 91.9 Å². The summed E-state index contributed by atoms with van der Waals surface area (Å²) in [5.41, 5.74) is 1.65.